The molecule has 0 fully saturated rings. The largest absolute Gasteiger partial charge is 0.475 e. The first-order chi connectivity index (χ1) is 4.68. The summed E-state index contributed by atoms with van der Waals surface area (Å²) in [5.74, 6) is 1.91. The van der Waals surface area contributed by atoms with Crippen molar-refractivity contribution in [1.29, 1.82) is 0 Å². The van der Waals surface area contributed by atoms with Crippen LogP contribution in [-0.4, -0.2) is 16.9 Å². The number of carboxylic acid groups (broad SMARTS) is 1. The second-order valence-electron chi connectivity index (χ2n) is 1.69. The number of hydrogen-bond donors (Lipinski definition) is 1. The molecule has 54 valence electrons. The average molecular weight is 140 g/mol. The van der Waals surface area contributed by atoms with Crippen LogP contribution in [0.25, 0.3) is 0 Å². The maximum Gasteiger partial charge on any atom is 0.385 e. The van der Waals surface area contributed by atoms with E-state index in [1.807, 2.05) is 12.8 Å². The molecule has 0 aliphatic rings. The second-order valence-corrected chi connectivity index (χ2v) is 1.69. The third kappa shape index (κ3) is 3.67. The van der Waals surface area contributed by atoms with Gasteiger partial charge in [0.25, 0.3) is 0 Å². The Morgan fingerprint density at radius 2 is 2.10 bits per heavy atom. The fourth-order valence-corrected chi connectivity index (χ4v) is 0.321. The number of carboxylic acids is 1. The Bertz CT molecular complexity index is 195. The number of rotatable bonds is 2. The predicted molar refractivity (Wildman–Crippen MR) is 35.3 cm³/mol. The molecule has 0 amide bonds. The zero-order valence-electron chi connectivity index (χ0n) is 5.68. The van der Waals surface area contributed by atoms with E-state index >= 15 is 0 Å². The monoisotopic (exact) mass is 140 g/mol. The van der Waals surface area contributed by atoms with Gasteiger partial charge < -0.3 is 5.11 Å². The van der Waals surface area contributed by atoms with Crippen molar-refractivity contribution in [1.82, 2.24) is 0 Å². The van der Waals surface area contributed by atoms with Crippen LogP contribution < -0.4 is 0 Å². The highest BCUT2D eigenvalue weighted by Gasteiger charge is 2.04. The Balaban J connectivity index is 3.81. The van der Waals surface area contributed by atoms with Crippen molar-refractivity contribution in [2.45, 2.75) is 19.8 Å². The quantitative estimate of drug-likeness (QED) is 0.344. The van der Waals surface area contributed by atoms with E-state index in [0.717, 1.165) is 6.42 Å². The SMILES string of the molecule is CCCC#CC(=O)C(=O)O. The van der Waals surface area contributed by atoms with E-state index in [1.54, 1.807) is 0 Å². The Morgan fingerprint density at radius 1 is 1.50 bits per heavy atom. The van der Waals surface area contributed by atoms with Crippen LogP contribution in [0.1, 0.15) is 19.8 Å². The summed E-state index contributed by atoms with van der Waals surface area (Å²) >= 11 is 0. The van der Waals surface area contributed by atoms with Crippen molar-refractivity contribution in [2.75, 3.05) is 0 Å². The van der Waals surface area contributed by atoms with Gasteiger partial charge in [-0.05, 0) is 12.3 Å². The first kappa shape index (κ1) is 8.70. The standard InChI is InChI=1S/C7H8O3/c1-2-3-4-5-6(8)7(9)10/h2-3H2,1H3,(H,9,10). The van der Waals surface area contributed by atoms with Crippen LogP contribution in [-0.2, 0) is 9.59 Å². The lowest BCUT2D eigenvalue weighted by Gasteiger charge is -1.78. The lowest BCUT2D eigenvalue weighted by atomic mass is 10.3. The van der Waals surface area contributed by atoms with Gasteiger partial charge in [0.15, 0.2) is 0 Å². The number of Topliss-reactive ketones (excluding diaryl/α,β-unsaturated/α-hetero) is 1. The number of aliphatic carboxylic acids is 1. The summed E-state index contributed by atoms with van der Waals surface area (Å²) in [6.07, 6.45) is 1.40. The number of carbonyl (C=O) groups is 2. The first-order valence-electron chi connectivity index (χ1n) is 2.94. The number of hydrogen-bond acceptors (Lipinski definition) is 2. The number of carbonyl (C=O) groups excluding carboxylic acids is 1. The van der Waals surface area contributed by atoms with Crippen molar-refractivity contribution < 1.29 is 14.7 Å². The average Bonchev–Trinajstić information content (AvgIpc) is 1.88. The van der Waals surface area contributed by atoms with Crippen LogP contribution >= 0.6 is 0 Å². The van der Waals surface area contributed by atoms with E-state index in [4.69, 9.17) is 5.11 Å². The first-order valence-corrected chi connectivity index (χ1v) is 2.94. The smallest absolute Gasteiger partial charge is 0.385 e. The molecule has 0 saturated carbocycles. The minimum atomic E-state index is -1.48. The van der Waals surface area contributed by atoms with E-state index < -0.39 is 11.8 Å². The molecule has 3 nitrogen and oxygen atoms in total. The van der Waals surface area contributed by atoms with Gasteiger partial charge in [-0.1, -0.05) is 12.8 Å². The van der Waals surface area contributed by atoms with Gasteiger partial charge in [0.1, 0.15) is 0 Å². The molecule has 0 aromatic rings. The Morgan fingerprint density at radius 3 is 2.50 bits per heavy atom. The van der Waals surface area contributed by atoms with E-state index in [9.17, 15) is 9.59 Å². The van der Waals surface area contributed by atoms with Gasteiger partial charge in [-0.25, -0.2) is 4.79 Å². The Hall–Kier alpha value is -1.30. The van der Waals surface area contributed by atoms with Gasteiger partial charge in [-0.3, -0.25) is 4.79 Å². The molecule has 0 unspecified atom stereocenters. The molecule has 0 bridgehead atoms. The molecule has 10 heavy (non-hydrogen) atoms. The highest BCUT2D eigenvalue weighted by molar-refractivity contribution is 6.40. The summed E-state index contributed by atoms with van der Waals surface area (Å²) in [6, 6.07) is 0. The molecule has 0 rings (SSSR count). The zero-order chi connectivity index (χ0) is 7.98. The molecule has 0 aromatic carbocycles. The molecule has 0 saturated heterocycles. The van der Waals surface area contributed by atoms with Crippen molar-refractivity contribution in [3.63, 3.8) is 0 Å². The van der Waals surface area contributed by atoms with Crippen LogP contribution in [0.2, 0.25) is 0 Å². The van der Waals surface area contributed by atoms with Crippen LogP contribution in [0.15, 0.2) is 0 Å². The summed E-state index contributed by atoms with van der Waals surface area (Å²) in [6.45, 7) is 1.90. The molecule has 0 atom stereocenters. The molecule has 0 spiro atoms. The van der Waals surface area contributed by atoms with Crippen molar-refractivity contribution in [3.05, 3.63) is 0 Å². The van der Waals surface area contributed by atoms with Crippen molar-refractivity contribution in [2.24, 2.45) is 0 Å². The van der Waals surface area contributed by atoms with E-state index in [0.29, 0.717) is 6.42 Å². The highest BCUT2D eigenvalue weighted by Crippen LogP contribution is 1.80. The fraction of sp³-hybridized carbons (Fsp3) is 0.429. The summed E-state index contributed by atoms with van der Waals surface area (Å²) < 4.78 is 0. The summed E-state index contributed by atoms with van der Waals surface area (Å²) in [7, 11) is 0. The van der Waals surface area contributed by atoms with Gasteiger partial charge >= 0.3 is 11.8 Å². The molecule has 1 N–H and O–H groups in total. The number of unbranched alkanes of at least 4 members (excludes halogenated alkanes) is 1. The topological polar surface area (TPSA) is 54.4 Å². The Kier molecular flexibility index (Phi) is 3.97. The fourth-order valence-electron chi connectivity index (χ4n) is 0.321. The third-order valence-corrected chi connectivity index (χ3v) is 0.771. The lowest BCUT2D eigenvalue weighted by molar-refractivity contribution is -0.146. The highest BCUT2D eigenvalue weighted by atomic mass is 16.4. The van der Waals surface area contributed by atoms with Crippen LogP contribution in [0.4, 0.5) is 0 Å². The van der Waals surface area contributed by atoms with Gasteiger partial charge in [-0.15, -0.1) is 0 Å². The van der Waals surface area contributed by atoms with Crippen molar-refractivity contribution in [3.8, 4) is 11.8 Å². The maximum atomic E-state index is 10.2. The summed E-state index contributed by atoms with van der Waals surface area (Å²) in [5, 5.41) is 8.03. The number of ketones is 1. The van der Waals surface area contributed by atoms with Gasteiger partial charge in [-0.2, -0.15) is 0 Å². The predicted octanol–water partition coefficient (Wildman–Crippen LogP) is 0.444. The Labute approximate surface area is 59.0 Å². The van der Waals surface area contributed by atoms with Gasteiger partial charge in [0.2, 0.25) is 0 Å². The van der Waals surface area contributed by atoms with Crippen LogP contribution in [0.3, 0.4) is 0 Å². The minimum Gasteiger partial charge on any atom is -0.475 e. The van der Waals surface area contributed by atoms with E-state index in [-0.39, 0.29) is 0 Å². The third-order valence-electron chi connectivity index (χ3n) is 0.771. The zero-order valence-corrected chi connectivity index (χ0v) is 5.68. The molecular weight excluding hydrogens is 132 g/mol. The maximum absolute atomic E-state index is 10.2. The molecule has 0 aliphatic carbocycles. The van der Waals surface area contributed by atoms with Crippen molar-refractivity contribution >= 4 is 11.8 Å². The lowest BCUT2D eigenvalue weighted by Crippen LogP contribution is -2.08. The molecular formula is C7H8O3. The molecule has 0 aromatic heterocycles. The summed E-state index contributed by atoms with van der Waals surface area (Å²) in [4.78, 5) is 20.1. The minimum absolute atomic E-state index is 0.568. The summed E-state index contributed by atoms with van der Waals surface area (Å²) in [5.41, 5.74) is 0. The van der Waals surface area contributed by atoms with Crippen LogP contribution in [0, 0.1) is 11.8 Å². The normalized spacial score (nSPS) is 7.70. The molecule has 0 radical (unpaired) electrons. The van der Waals surface area contributed by atoms with E-state index in [1.165, 1.54) is 0 Å². The molecule has 0 heterocycles. The van der Waals surface area contributed by atoms with Crippen LogP contribution in [0.5, 0.6) is 0 Å². The van der Waals surface area contributed by atoms with Gasteiger partial charge in [0, 0.05) is 6.42 Å². The molecule has 0 aliphatic heterocycles. The van der Waals surface area contributed by atoms with E-state index in [2.05, 4.69) is 5.92 Å². The second kappa shape index (κ2) is 4.57. The van der Waals surface area contributed by atoms with Gasteiger partial charge in [0.05, 0.1) is 0 Å². The molecule has 3 heteroatoms.